The van der Waals surface area contributed by atoms with E-state index in [4.69, 9.17) is 5.73 Å². The number of carbonyl (C=O) groups excluding carboxylic acids is 1. The van der Waals surface area contributed by atoms with Crippen molar-refractivity contribution in [3.8, 4) is 0 Å². The first-order valence-electron chi connectivity index (χ1n) is 7.33. The summed E-state index contributed by atoms with van der Waals surface area (Å²) in [7, 11) is 1.95. The highest BCUT2D eigenvalue weighted by Gasteiger charge is 2.32. The van der Waals surface area contributed by atoms with Crippen LogP contribution in [0.25, 0.3) is 0 Å². The molecule has 0 spiro atoms. The molecule has 1 saturated carbocycles. The zero-order valence-corrected chi connectivity index (χ0v) is 11.8. The van der Waals surface area contributed by atoms with E-state index < -0.39 is 0 Å². The summed E-state index contributed by atoms with van der Waals surface area (Å²) < 4.78 is 0. The van der Waals surface area contributed by atoms with Crippen LogP contribution in [0.2, 0.25) is 0 Å². The Bertz CT molecular complexity index is 291. The predicted molar refractivity (Wildman–Crippen MR) is 73.2 cm³/mol. The van der Waals surface area contributed by atoms with E-state index in [9.17, 15) is 4.79 Å². The normalized spacial score (nSPS) is 29.3. The summed E-state index contributed by atoms with van der Waals surface area (Å²) in [5.74, 6) is 1.61. The van der Waals surface area contributed by atoms with Crippen LogP contribution in [-0.4, -0.2) is 55.0 Å². The predicted octanol–water partition coefficient (Wildman–Crippen LogP) is 0.914. The minimum Gasteiger partial charge on any atom is -0.342 e. The highest BCUT2D eigenvalue weighted by Crippen LogP contribution is 2.27. The largest absolute Gasteiger partial charge is 0.342 e. The molecule has 4 nitrogen and oxygen atoms in total. The Morgan fingerprint density at radius 3 is 2.61 bits per heavy atom. The van der Waals surface area contributed by atoms with Crippen LogP contribution in [-0.2, 0) is 4.79 Å². The molecule has 1 heterocycles. The SMILES string of the molecule is CCC1CN(CC(=O)N(C)C2CC2)CCC1CN. The molecule has 1 saturated heterocycles. The highest BCUT2D eigenvalue weighted by atomic mass is 16.2. The van der Waals surface area contributed by atoms with Gasteiger partial charge in [-0.25, -0.2) is 0 Å². The third kappa shape index (κ3) is 3.23. The van der Waals surface area contributed by atoms with Gasteiger partial charge >= 0.3 is 0 Å². The van der Waals surface area contributed by atoms with Crippen LogP contribution in [0.4, 0.5) is 0 Å². The van der Waals surface area contributed by atoms with E-state index in [1.807, 2.05) is 11.9 Å². The van der Waals surface area contributed by atoms with E-state index in [-0.39, 0.29) is 0 Å². The van der Waals surface area contributed by atoms with E-state index in [2.05, 4.69) is 11.8 Å². The second-order valence-corrected chi connectivity index (χ2v) is 5.92. The summed E-state index contributed by atoms with van der Waals surface area (Å²) in [6.45, 7) is 5.70. The fourth-order valence-electron chi connectivity index (χ4n) is 3.04. The van der Waals surface area contributed by atoms with Gasteiger partial charge in [0.1, 0.15) is 0 Å². The standard InChI is InChI=1S/C14H27N3O/c1-3-11-9-17(7-6-12(11)8-15)10-14(18)16(2)13-4-5-13/h11-13H,3-10,15H2,1-2H3. The summed E-state index contributed by atoms with van der Waals surface area (Å²) in [4.78, 5) is 16.4. The number of amides is 1. The van der Waals surface area contributed by atoms with Gasteiger partial charge in [-0.15, -0.1) is 0 Å². The topological polar surface area (TPSA) is 49.6 Å². The summed E-state index contributed by atoms with van der Waals surface area (Å²) in [6.07, 6.45) is 4.70. The lowest BCUT2D eigenvalue weighted by Gasteiger charge is -2.38. The van der Waals surface area contributed by atoms with E-state index in [0.717, 1.165) is 26.1 Å². The Morgan fingerprint density at radius 1 is 1.33 bits per heavy atom. The number of hydrogen-bond acceptors (Lipinski definition) is 3. The average molecular weight is 253 g/mol. The molecule has 0 bridgehead atoms. The third-order valence-electron chi connectivity index (χ3n) is 4.65. The van der Waals surface area contributed by atoms with Gasteiger partial charge in [0.2, 0.25) is 5.91 Å². The zero-order valence-electron chi connectivity index (χ0n) is 11.8. The first kappa shape index (κ1) is 13.8. The molecule has 1 aliphatic heterocycles. The van der Waals surface area contributed by atoms with Crippen LogP contribution >= 0.6 is 0 Å². The van der Waals surface area contributed by atoms with E-state index in [1.54, 1.807) is 0 Å². The van der Waals surface area contributed by atoms with Crippen molar-refractivity contribution in [3.05, 3.63) is 0 Å². The highest BCUT2D eigenvalue weighted by molar-refractivity contribution is 5.78. The van der Waals surface area contributed by atoms with Crippen molar-refractivity contribution in [2.45, 2.75) is 38.6 Å². The molecule has 0 aromatic carbocycles. The van der Waals surface area contributed by atoms with Crippen molar-refractivity contribution < 1.29 is 4.79 Å². The molecule has 2 atom stereocenters. The van der Waals surface area contributed by atoms with Gasteiger partial charge in [-0.3, -0.25) is 9.69 Å². The van der Waals surface area contributed by atoms with Gasteiger partial charge in [-0.05, 0) is 44.2 Å². The second-order valence-electron chi connectivity index (χ2n) is 5.92. The van der Waals surface area contributed by atoms with Gasteiger partial charge in [0.05, 0.1) is 6.54 Å². The minimum atomic E-state index is 0.290. The molecular weight excluding hydrogens is 226 g/mol. The number of likely N-dealkylation sites (tertiary alicyclic amines) is 1. The molecule has 1 amide bonds. The van der Waals surface area contributed by atoms with Crippen molar-refractivity contribution in [3.63, 3.8) is 0 Å². The summed E-state index contributed by atoms with van der Waals surface area (Å²) >= 11 is 0. The lowest BCUT2D eigenvalue weighted by molar-refractivity contribution is -0.132. The van der Waals surface area contributed by atoms with Crippen LogP contribution in [0.1, 0.15) is 32.6 Å². The van der Waals surface area contributed by atoms with Crippen LogP contribution in [0.5, 0.6) is 0 Å². The third-order valence-corrected chi connectivity index (χ3v) is 4.65. The van der Waals surface area contributed by atoms with Crippen molar-refractivity contribution >= 4 is 5.91 Å². The van der Waals surface area contributed by atoms with Crippen LogP contribution in [0, 0.1) is 11.8 Å². The molecule has 104 valence electrons. The molecule has 2 aliphatic rings. The molecular formula is C14H27N3O. The maximum absolute atomic E-state index is 12.1. The Kier molecular flexibility index (Phi) is 4.62. The van der Waals surface area contributed by atoms with Crippen LogP contribution < -0.4 is 5.73 Å². The number of piperidine rings is 1. The maximum Gasteiger partial charge on any atom is 0.236 e. The summed E-state index contributed by atoms with van der Waals surface area (Å²) in [5, 5.41) is 0. The number of rotatable bonds is 5. The Morgan fingerprint density at radius 2 is 2.06 bits per heavy atom. The molecule has 2 rings (SSSR count). The fraction of sp³-hybridized carbons (Fsp3) is 0.929. The van der Waals surface area contributed by atoms with Gasteiger partial charge in [-0.2, -0.15) is 0 Å². The fourth-order valence-corrected chi connectivity index (χ4v) is 3.04. The molecule has 0 radical (unpaired) electrons. The van der Waals surface area contributed by atoms with E-state index in [0.29, 0.717) is 30.3 Å². The van der Waals surface area contributed by atoms with Gasteiger partial charge in [0, 0.05) is 19.6 Å². The Balaban J connectivity index is 1.81. The molecule has 2 unspecified atom stereocenters. The maximum atomic E-state index is 12.1. The van der Waals surface area contributed by atoms with Gasteiger partial charge in [-0.1, -0.05) is 13.3 Å². The minimum absolute atomic E-state index is 0.290. The van der Waals surface area contributed by atoms with E-state index >= 15 is 0 Å². The van der Waals surface area contributed by atoms with Gasteiger partial charge in [0.25, 0.3) is 0 Å². The van der Waals surface area contributed by atoms with Crippen LogP contribution in [0.3, 0.4) is 0 Å². The molecule has 2 N–H and O–H groups in total. The van der Waals surface area contributed by atoms with Gasteiger partial charge in [0.15, 0.2) is 0 Å². The Hall–Kier alpha value is -0.610. The quantitative estimate of drug-likeness (QED) is 0.792. The number of hydrogen-bond donors (Lipinski definition) is 1. The summed E-state index contributed by atoms with van der Waals surface area (Å²) in [5.41, 5.74) is 5.82. The molecule has 0 aromatic heterocycles. The number of nitrogens with zero attached hydrogens (tertiary/aromatic N) is 2. The summed E-state index contributed by atoms with van der Waals surface area (Å²) in [6, 6.07) is 0.529. The second kappa shape index (κ2) is 6.02. The van der Waals surface area contributed by atoms with Crippen molar-refractivity contribution in [2.75, 3.05) is 33.2 Å². The van der Waals surface area contributed by atoms with Crippen molar-refractivity contribution in [2.24, 2.45) is 17.6 Å². The lowest BCUT2D eigenvalue weighted by atomic mass is 9.84. The number of likely N-dealkylation sites (N-methyl/N-ethyl adjacent to an activating group) is 1. The first-order chi connectivity index (χ1) is 8.65. The zero-order chi connectivity index (χ0) is 13.1. The molecule has 1 aliphatic carbocycles. The molecule has 18 heavy (non-hydrogen) atoms. The molecule has 0 aromatic rings. The first-order valence-corrected chi connectivity index (χ1v) is 7.33. The van der Waals surface area contributed by atoms with Crippen molar-refractivity contribution in [1.82, 2.24) is 9.80 Å². The number of nitrogens with two attached hydrogens (primary N) is 1. The van der Waals surface area contributed by atoms with Crippen LogP contribution in [0.15, 0.2) is 0 Å². The Labute approximate surface area is 110 Å². The molecule has 4 heteroatoms. The number of carbonyl (C=O) groups is 1. The average Bonchev–Trinajstić information content (AvgIpc) is 3.21. The smallest absolute Gasteiger partial charge is 0.236 e. The monoisotopic (exact) mass is 253 g/mol. The van der Waals surface area contributed by atoms with E-state index in [1.165, 1.54) is 19.3 Å². The lowest BCUT2D eigenvalue weighted by Crippen LogP contribution is -2.47. The molecule has 2 fully saturated rings. The van der Waals surface area contributed by atoms with Crippen molar-refractivity contribution in [1.29, 1.82) is 0 Å². The van der Waals surface area contributed by atoms with Gasteiger partial charge < -0.3 is 10.6 Å².